The molecular weight excluding hydrogens is 322 g/mol. The van der Waals surface area contributed by atoms with Crippen LogP contribution in [0, 0.1) is 0 Å². The Kier molecular flexibility index (Phi) is 4.74. The van der Waals surface area contributed by atoms with E-state index in [0.29, 0.717) is 29.6 Å². The molecule has 0 saturated carbocycles. The third-order valence-electron chi connectivity index (χ3n) is 3.65. The summed E-state index contributed by atoms with van der Waals surface area (Å²) in [6, 6.07) is 10.6. The predicted molar refractivity (Wildman–Crippen MR) is 94.9 cm³/mol. The average Bonchev–Trinajstić information content (AvgIpc) is 3.02. The highest BCUT2D eigenvalue weighted by atomic mass is 16.5. The largest absolute Gasteiger partial charge is 0.493 e. The van der Waals surface area contributed by atoms with E-state index in [1.165, 1.54) is 0 Å². The Labute approximate surface area is 144 Å². The van der Waals surface area contributed by atoms with Gasteiger partial charge < -0.3 is 24.5 Å². The number of nitrogens with one attached hydrogen (secondary N) is 2. The molecule has 0 aliphatic heterocycles. The van der Waals surface area contributed by atoms with E-state index in [1.807, 2.05) is 6.07 Å². The van der Waals surface area contributed by atoms with Crippen LogP contribution in [-0.4, -0.2) is 36.8 Å². The van der Waals surface area contributed by atoms with Crippen LogP contribution in [0.3, 0.4) is 0 Å². The summed E-state index contributed by atoms with van der Waals surface area (Å²) >= 11 is 0. The number of imidazole rings is 1. The Bertz CT molecular complexity index is 846. The third kappa shape index (κ3) is 3.50. The van der Waals surface area contributed by atoms with Crippen molar-refractivity contribution in [2.24, 2.45) is 0 Å². The maximum Gasteiger partial charge on any atom is 0.338 e. The van der Waals surface area contributed by atoms with E-state index < -0.39 is 0 Å². The molecule has 0 spiro atoms. The van der Waals surface area contributed by atoms with Gasteiger partial charge >= 0.3 is 5.97 Å². The van der Waals surface area contributed by atoms with Crippen molar-refractivity contribution in [3.05, 3.63) is 42.0 Å². The summed E-state index contributed by atoms with van der Waals surface area (Å²) in [5, 5.41) is 3.17. The fraction of sp³-hybridized carbons (Fsp3) is 0.222. The highest BCUT2D eigenvalue weighted by Crippen LogP contribution is 2.32. The molecule has 1 aromatic heterocycles. The van der Waals surface area contributed by atoms with E-state index >= 15 is 0 Å². The van der Waals surface area contributed by atoms with E-state index in [2.05, 4.69) is 15.3 Å². The Balaban J connectivity index is 1.82. The lowest BCUT2D eigenvalue weighted by Gasteiger charge is -2.06. The van der Waals surface area contributed by atoms with Crippen LogP contribution in [0.5, 0.6) is 11.5 Å². The van der Waals surface area contributed by atoms with Crippen molar-refractivity contribution in [3.8, 4) is 11.5 Å². The molecule has 25 heavy (non-hydrogen) atoms. The van der Waals surface area contributed by atoms with Crippen LogP contribution in [0.4, 0.5) is 11.6 Å². The van der Waals surface area contributed by atoms with Gasteiger partial charge in [-0.05, 0) is 31.2 Å². The molecule has 0 atom stereocenters. The van der Waals surface area contributed by atoms with Crippen molar-refractivity contribution in [3.63, 3.8) is 0 Å². The maximum atomic E-state index is 11.7. The number of esters is 1. The Morgan fingerprint density at radius 1 is 1.12 bits per heavy atom. The first-order valence-electron chi connectivity index (χ1n) is 7.80. The third-order valence-corrected chi connectivity index (χ3v) is 3.65. The molecule has 0 bridgehead atoms. The first kappa shape index (κ1) is 16.6. The zero-order chi connectivity index (χ0) is 17.8. The number of nitrogens with zero attached hydrogens (tertiary/aromatic N) is 1. The minimum absolute atomic E-state index is 0.336. The quantitative estimate of drug-likeness (QED) is 0.668. The van der Waals surface area contributed by atoms with E-state index in [9.17, 15) is 4.79 Å². The molecule has 7 nitrogen and oxygen atoms in total. The van der Waals surface area contributed by atoms with Gasteiger partial charge in [0.2, 0.25) is 5.95 Å². The Morgan fingerprint density at radius 2 is 1.80 bits per heavy atom. The number of H-pyrrole nitrogens is 1. The summed E-state index contributed by atoms with van der Waals surface area (Å²) in [7, 11) is 3.17. The molecule has 0 saturated heterocycles. The molecule has 130 valence electrons. The smallest absolute Gasteiger partial charge is 0.338 e. The SMILES string of the molecule is CCOC(=O)c1ccc(Nc2nc3cc(OC)c(OC)cc3[nH]2)cc1. The van der Waals surface area contributed by atoms with Crippen molar-refractivity contribution >= 4 is 28.6 Å². The molecule has 3 rings (SSSR count). The lowest BCUT2D eigenvalue weighted by Crippen LogP contribution is -2.04. The fourth-order valence-corrected chi connectivity index (χ4v) is 2.44. The van der Waals surface area contributed by atoms with Crippen LogP contribution in [0.15, 0.2) is 36.4 Å². The number of carbonyl (C=O) groups excluding carboxylic acids is 1. The number of carbonyl (C=O) groups is 1. The maximum absolute atomic E-state index is 11.7. The van der Waals surface area contributed by atoms with E-state index in [0.717, 1.165) is 16.7 Å². The van der Waals surface area contributed by atoms with Crippen LogP contribution in [0.25, 0.3) is 11.0 Å². The van der Waals surface area contributed by atoms with Crippen molar-refractivity contribution in [1.82, 2.24) is 9.97 Å². The number of benzene rings is 2. The highest BCUT2D eigenvalue weighted by Gasteiger charge is 2.11. The highest BCUT2D eigenvalue weighted by molar-refractivity contribution is 5.90. The van der Waals surface area contributed by atoms with Crippen LogP contribution < -0.4 is 14.8 Å². The standard InChI is InChI=1S/C18H19N3O4/c1-4-25-17(22)11-5-7-12(8-6-11)19-18-20-13-9-15(23-2)16(24-3)10-14(13)21-18/h5-10H,4H2,1-3H3,(H2,19,20,21). The number of hydrogen-bond acceptors (Lipinski definition) is 6. The average molecular weight is 341 g/mol. The molecule has 2 N–H and O–H groups in total. The van der Waals surface area contributed by atoms with Gasteiger partial charge in [-0.1, -0.05) is 0 Å². The van der Waals surface area contributed by atoms with E-state index in [4.69, 9.17) is 14.2 Å². The van der Waals surface area contributed by atoms with Crippen LogP contribution in [0.1, 0.15) is 17.3 Å². The molecule has 3 aromatic rings. The lowest BCUT2D eigenvalue weighted by molar-refractivity contribution is 0.0526. The first-order valence-corrected chi connectivity index (χ1v) is 7.80. The van der Waals surface area contributed by atoms with Gasteiger partial charge in [-0.25, -0.2) is 9.78 Å². The van der Waals surface area contributed by atoms with Crippen LogP contribution in [0.2, 0.25) is 0 Å². The molecule has 0 amide bonds. The first-order chi connectivity index (χ1) is 12.1. The van der Waals surface area contributed by atoms with Gasteiger partial charge in [-0.3, -0.25) is 0 Å². The van der Waals surface area contributed by atoms with Crippen molar-refractivity contribution in [2.45, 2.75) is 6.92 Å². The summed E-state index contributed by atoms with van der Waals surface area (Å²) in [6.07, 6.45) is 0. The molecule has 0 radical (unpaired) electrons. The number of aromatic nitrogens is 2. The van der Waals surface area contributed by atoms with Gasteiger partial charge in [-0.15, -0.1) is 0 Å². The van der Waals surface area contributed by atoms with Gasteiger partial charge in [0.15, 0.2) is 11.5 Å². The molecule has 7 heteroatoms. The number of fused-ring (bicyclic) bond motifs is 1. The number of rotatable bonds is 6. The summed E-state index contributed by atoms with van der Waals surface area (Å²) in [4.78, 5) is 19.3. The van der Waals surface area contributed by atoms with E-state index in [1.54, 1.807) is 51.5 Å². The van der Waals surface area contributed by atoms with E-state index in [-0.39, 0.29) is 5.97 Å². The fourth-order valence-electron chi connectivity index (χ4n) is 2.44. The predicted octanol–water partition coefficient (Wildman–Crippen LogP) is 3.50. The van der Waals surface area contributed by atoms with Gasteiger partial charge in [0.1, 0.15) is 0 Å². The normalized spacial score (nSPS) is 10.5. The number of hydrogen-bond donors (Lipinski definition) is 2. The Morgan fingerprint density at radius 3 is 2.44 bits per heavy atom. The van der Waals surface area contributed by atoms with Gasteiger partial charge in [0.25, 0.3) is 0 Å². The number of aromatic amines is 1. The monoisotopic (exact) mass is 341 g/mol. The zero-order valence-corrected chi connectivity index (χ0v) is 14.3. The second kappa shape index (κ2) is 7.12. The topological polar surface area (TPSA) is 85.5 Å². The molecular formula is C18H19N3O4. The zero-order valence-electron chi connectivity index (χ0n) is 14.3. The van der Waals surface area contributed by atoms with Crippen molar-refractivity contribution < 1.29 is 19.0 Å². The van der Waals surface area contributed by atoms with Gasteiger partial charge in [0, 0.05) is 17.8 Å². The summed E-state index contributed by atoms with van der Waals surface area (Å²) < 4.78 is 15.5. The molecule has 0 aliphatic rings. The molecule has 1 heterocycles. The van der Waals surface area contributed by atoms with Crippen LogP contribution in [-0.2, 0) is 4.74 Å². The minimum atomic E-state index is -0.336. The number of anilines is 2. The summed E-state index contributed by atoms with van der Waals surface area (Å²) in [6.45, 7) is 2.13. The summed E-state index contributed by atoms with van der Waals surface area (Å²) in [5.74, 6) is 1.49. The molecule has 0 fully saturated rings. The number of methoxy groups -OCH3 is 2. The lowest BCUT2D eigenvalue weighted by atomic mass is 10.2. The molecule has 0 aliphatic carbocycles. The van der Waals surface area contributed by atoms with Gasteiger partial charge in [-0.2, -0.15) is 0 Å². The second-order valence-electron chi connectivity index (χ2n) is 5.23. The van der Waals surface area contributed by atoms with Crippen molar-refractivity contribution in [2.75, 3.05) is 26.1 Å². The summed E-state index contributed by atoms with van der Waals surface area (Å²) in [5.41, 5.74) is 2.88. The van der Waals surface area contributed by atoms with Crippen molar-refractivity contribution in [1.29, 1.82) is 0 Å². The molecule has 0 unspecified atom stereocenters. The second-order valence-corrected chi connectivity index (χ2v) is 5.23. The number of ether oxygens (including phenoxy) is 3. The Hall–Kier alpha value is -3.22. The van der Waals surface area contributed by atoms with Crippen LogP contribution >= 0.6 is 0 Å². The molecule has 2 aromatic carbocycles. The minimum Gasteiger partial charge on any atom is -0.493 e. The van der Waals surface area contributed by atoms with Gasteiger partial charge in [0.05, 0.1) is 37.4 Å².